The number of rotatable bonds is 3. The van der Waals surface area contributed by atoms with Crippen LogP contribution in [0.25, 0.3) is 11.0 Å². The van der Waals surface area contributed by atoms with E-state index in [1.165, 1.54) is 0 Å². The average Bonchev–Trinajstić information content (AvgIpc) is 2.96. The summed E-state index contributed by atoms with van der Waals surface area (Å²) in [4.78, 5) is 24.2. The van der Waals surface area contributed by atoms with Gasteiger partial charge in [-0.05, 0) is 37.3 Å². The van der Waals surface area contributed by atoms with Crippen LogP contribution in [0.4, 0.5) is 13.2 Å². The first-order valence-corrected chi connectivity index (χ1v) is 7.69. The van der Waals surface area contributed by atoms with Crippen molar-refractivity contribution in [1.29, 1.82) is 0 Å². The minimum absolute atomic E-state index is 0.0335. The van der Waals surface area contributed by atoms with Gasteiger partial charge in [-0.1, -0.05) is 18.2 Å². The number of carbonyl (C=O) groups excluding carboxylic acids is 2. The molecule has 2 aromatic carbocycles. The Morgan fingerprint density at radius 3 is 2.22 bits per heavy atom. The Hall–Kier alpha value is -3.49. The van der Waals surface area contributed by atoms with Crippen molar-refractivity contribution in [3.63, 3.8) is 0 Å². The van der Waals surface area contributed by atoms with Gasteiger partial charge in [0, 0.05) is 16.5 Å². The molecule has 0 fully saturated rings. The normalized spacial score (nSPS) is 11.3. The first-order chi connectivity index (χ1) is 12.7. The van der Waals surface area contributed by atoms with Gasteiger partial charge in [-0.15, -0.1) is 13.2 Å². The van der Waals surface area contributed by atoms with E-state index in [2.05, 4.69) is 15.6 Å². The van der Waals surface area contributed by atoms with Crippen LogP contribution in [0.3, 0.4) is 0 Å². The molecular weight excluding hydrogens is 365 g/mol. The van der Waals surface area contributed by atoms with E-state index in [9.17, 15) is 22.8 Å². The summed E-state index contributed by atoms with van der Waals surface area (Å²) in [6.07, 6.45) is -4.82. The summed E-state index contributed by atoms with van der Waals surface area (Å²) < 4.78 is 45.6. The Kier molecular flexibility index (Phi) is 4.76. The van der Waals surface area contributed by atoms with Gasteiger partial charge >= 0.3 is 12.3 Å². The number of alkyl halides is 3. The SMILES string of the molecule is Cc1c(C(=O)NNC(=O)c2ccc(OC(F)(F)F)cc2)oc2ccccc12. The fourth-order valence-corrected chi connectivity index (χ4v) is 2.44. The third kappa shape index (κ3) is 4.20. The molecule has 3 rings (SSSR count). The van der Waals surface area contributed by atoms with E-state index in [1.807, 2.05) is 0 Å². The van der Waals surface area contributed by atoms with Crippen molar-refractivity contribution >= 4 is 22.8 Å². The maximum atomic E-state index is 12.2. The Bertz CT molecular complexity index is 994. The summed E-state index contributed by atoms with van der Waals surface area (Å²) in [6, 6.07) is 11.3. The Balaban J connectivity index is 1.64. The lowest BCUT2D eigenvalue weighted by molar-refractivity contribution is -0.274. The molecule has 27 heavy (non-hydrogen) atoms. The third-order valence-corrected chi connectivity index (χ3v) is 3.69. The molecule has 3 aromatic rings. The highest BCUT2D eigenvalue weighted by Gasteiger charge is 2.31. The summed E-state index contributed by atoms with van der Waals surface area (Å²) >= 11 is 0. The highest BCUT2D eigenvalue weighted by Crippen LogP contribution is 2.25. The van der Waals surface area contributed by atoms with Crippen molar-refractivity contribution in [2.45, 2.75) is 13.3 Å². The van der Waals surface area contributed by atoms with Crippen LogP contribution in [0.2, 0.25) is 0 Å². The molecule has 0 spiro atoms. The number of hydrogen-bond donors (Lipinski definition) is 2. The maximum absolute atomic E-state index is 12.2. The molecule has 0 aliphatic heterocycles. The van der Waals surface area contributed by atoms with Crippen LogP contribution in [0.5, 0.6) is 5.75 Å². The summed E-state index contributed by atoms with van der Waals surface area (Å²) in [7, 11) is 0. The number of fused-ring (bicyclic) bond motifs is 1. The van der Waals surface area contributed by atoms with Crippen molar-refractivity contribution in [3.8, 4) is 5.75 Å². The molecule has 0 aliphatic rings. The van der Waals surface area contributed by atoms with E-state index in [4.69, 9.17) is 4.42 Å². The first-order valence-electron chi connectivity index (χ1n) is 7.69. The lowest BCUT2D eigenvalue weighted by atomic mass is 10.1. The van der Waals surface area contributed by atoms with E-state index < -0.39 is 23.9 Å². The zero-order chi connectivity index (χ0) is 19.6. The van der Waals surface area contributed by atoms with Crippen LogP contribution >= 0.6 is 0 Å². The van der Waals surface area contributed by atoms with Gasteiger partial charge in [0.15, 0.2) is 5.76 Å². The molecular formula is C18H13F3N2O4. The van der Waals surface area contributed by atoms with Crippen LogP contribution in [0.15, 0.2) is 52.9 Å². The number of halogens is 3. The first kappa shape index (κ1) is 18.3. The van der Waals surface area contributed by atoms with Crippen molar-refractivity contribution in [1.82, 2.24) is 10.9 Å². The number of furan rings is 1. The van der Waals surface area contributed by atoms with Crippen LogP contribution in [0, 0.1) is 6.92 Å². The molecule has 1 heterocycles. The van der Waals surface area contributed by atoms with Crippen molar-refractivity contribution in [3.05, 3.63) is 65.4 Å². The van der Waals surface area contributed by atoms with Crippen LogP contribution in [-0.4, -0.2) is 18.2 Å². The van der Waals surface area contributed by atoms with Crippen molar-refractivity contribution in [2.24, 2.45) is 0 Å². The Labute approximate surface area is 150 Å². The minimum Gasteiger partial charge on any atom is -0.451 e. The van der Waals surface area contributed by atoms with E-state index in [0.717, 1.165) is 29.7 Å². The number of ether oxygens (including phenoxy) is 1. The number of carbonyl (C=O) groups is 2. The fraction of sp³-hybridized carbons (Fsp3) is 0.111. The second-order valence-corrected chi connectivity index (χ2v) is 5.53. The number of benzene rings is 2. The molecule has 6 nitrogen and oxygen atoms in total. The molecule has 0 aliphatic carbocycles. The van der Waals surface area contributed by atoms with Gasteiger partial charge in [0.2, 0.25) is 0 Å². The van der Waals surface area contributed by atoms with Crippen molar-refractivity contribution < 1.29 is 31.9 Å². The van der Waals surface area contributed by atoms with E-state index in [1.54, 1.807) is 31.2 Å². The molecule has 2 amide bonds. The molecule has 0 saturated carbocycles. The number of hydrogen-bond acceptors (Lipinski definition) is 4. The summed E-state index contributed by atoms with van der Waals surface area (Å²) in [5.41, 5.74) is 5.57. The van der Waals surface area contributed by atoms with Gasteiger partial charge in [-0.3, -0.25) is 20.4 Å². The quantitative estimate of drug-likeness (QED) is 0.681. The monoisotopic (exact) mass is 378 g/mol. The standard InChI is InChI=1S/C18H13F3N2O4/c1-10-13-4-2-3-5-14(13)26-15(10)17(25)23-22-16(24)11-6-8-12(9-7-11)27-18(19,20)21/h2-9H,1H3,(H,22,24)(H,23,25). The van der Waals surface area contributed by atoms with Gasteiger partial charge in [0.25, 0.3) is 5.91 Å². The van der Waals surface area contributed by atoms with Gasteiger partial charge in [-0.25, -0.2) is 0 Å². The Morgan fingerprint density at radius 2 is 1.59 bits per heavy atom. The molecule has 0 bridgehead atoms. The number of nitrogens with one attached hydrogen (secondary N) is 2. The number of para-hydroxylation sites is 1. The molecule has 0 atom stereocenters. The predicted octanol–water partition coefficient (Wildman–Crippen LogP) is 3.71. The minimum atomic E-state index is -4.82. The van der Waals surface area contributed by atoms with E-state index in [-0.39, 0.29) is 11.3 Å². The van der Waals surface area contributed by atoms with Gasteiger partial charge < -0.3 is 9.15 Å². The molecule has 9 heteroatoms. The number of aryl methyl sites for hydroxylation is 1. The molecule has 0 saturated heterocycles. The lowest BCUT2D eigenvalue weighted by Crippen LogP contribution is -2.41. The maximum Gasteiger partial charge on any atom is 0.573 e. The van der Waals surface area contributed by atoms with Crippen molar-refractivity contribution in [2.75, 3.05) is 0 Å². The Morgan fingerprint density at radius 1 is 0.963 bits per heavy atom. The average molecular weight is 378 g/mol. The number of hydrazine groups is 1. The van der Waals surface area contributed by atoms with Gasteiger partial charge in [0.05, 0.1) is 0 Å². The summed E-state index contributed by atoms with van der Waals surface area (Å²) in [5, 5.41) is 0.772. The third-order valence-electron chi connectivity index (χ3n) is 3.69. The second kappa shape index (κ2) is 7.02. The van der Waals surface area contributed by atoms with Crippen LogP contribution < -0.4 is 15.6 Å². The second-order valence-electron chi connectivity index (χ2n) is 5.53. The van der Waals surface area contributed by atoms with E-state index in [0.29, 0.717) is 11.1 Å². The largest absolute Gasteiger partial charge is 0.573 e. The summed E-state index contributed by atoms with van der Waals surface area (Å²) in [5.74, 6) is -1.78. The molecule has 0 radical (unpaired) electrons. The molecule has 0 unspecified atom stereocenters. The highest BCUT2D eigenvalue weighted by molar-refractivity contribution is 6.01. The van der Waals surface area contributed by atoms with E-state index >= 15 is 0 Å². The predicted molar refractivity (Wildman–Crippen MR) is 89.0 cm³/mol. The molecule has 140 valence electrons. The van der Waals surface area contributed by atoms with Crippen LogP contribution in [-0.2, 0) is 0 Å². The van der Waals surface area contributed by atoms with Gasteiger partial charge in [0.1, 0.15) is 11.3 Å². The fourth-order valence-electron chi connectivity index (χ4n) is 2.44. The topological polar surface area (TPSA) is 80.6 Å². The highest BCUT2D eigenvalue weighted by atomic mass is 19.4. The lowest BCUT2D eigenvalue weighted by Gasteiger charge is -2.10. The number of amides is 2. The molecule has 2 N–H and O–H groups in total. The zero-order valence-corrected chi connectivity index (χ0v) is 13.9. The van der Waals surface area contributed by atoms with Crippen LogP contribution in [0.1, 0.15) is 26.5 Å². The summed E-state index contributed by atoms with van der Waals surface area (Å²) in [6.45, 7) is 1.71. The smallest absolute Gasteiger partial charge is 0.451 e. The zero-order valence-electron chi connectivity index (χ0n) is 13.9. The molecule has 1 aromatic heterocycles. The van der Waals surface area contributed by atoms with Gasteiger partial charge in [-0.2, -0.15) is 0 Å².